The topological polar surface area (TPSA) is 114 Å². The molecular formula is C21H25N3O6S. The molecular weight excluding hydrogens is 422 g/mol. The summed E-state index contributed by atoms with van der Waals surface area (Å²) >= 11 is 0. The number of benzene rings is 2. The molecule has 0 saturated heterocycles. The molecule has 166 valence electrons. The molecule has 2 aromatic rings. The van der Waals surface area contributed by atoms with Crippen molar-refractivity contribution in [3.63, 3.8) is 0 Å². The van der Waals surface area contributed by atoms with Crippen LogP contribution in [0.3, 0.4) is 0 Å². The van der Waals surface area contributed by atoms with Crippen molar-refractivity contribution in [2.75, 3.05) is 26.3 Å². The van der Waals surface area contributed by atoms with Gasteiger partial charge in [0.25, 0.3) is 5.91 Å². The van der Waals surface area contributed by atoms with Gasteiger partial charge in [-0.15, -0.1) is 0 Å². The largest absolute Gasteiger partial charge is 0.486 e. The van der Waals surface area contributed by atoms with Crippen molar-refractivity contribution in [2.24, 2.45) is 0 Å². The fraction of sp³-hybridized carbons (Fsp3) is 0.333. The number of hydrazine groups is 1. The second-order valence-electron chi connectivity index (χ2n) is 6.77. The first-order valence-electron chi connectivity index (χ1n) is 9.93. The van der Waals surface area contributed by atoms with Crippen molar-refractivity contribution in [1.29, 1.82) is 0 Å². The number of nitrogens with one attached hydrogen (secondary N) is 2. The maximum atomic E-state index is 12.6. The van der Waals surface area contributed by atoms with E-state index in [1.807, 2.05) is 0 Å². The van der Waals surface area contributed by atoms with Crippen LogP contribution in [0.2, 0.25) is 0 Å². The van der Waals surface area contributed by atoms with Gasteiger partial charge in [-0.05, 0) is 35.9 Å². The summed E-state index contributed by atoms with van der Waals surface area (Å²) in [4.78, 5) is 24.6. The summed E-state index contributed by atoms with van der Waals surface area (Å²) in [6, 6.07) is 10.9. The third kappa shape index (κ3) is 5.33. The highest BCUT2D eigenvalue weighted by Crippen LogP contribution is 2.30. The summed E-state index contributed by atoms with van der Waals surface area (Å²) in [5.41, 5.74) is 5.47. The molecule has 0 unspecified atom stereocenters. The third-order valence-electron chi connectivity index (χ3n) is 4.73. The molecule has 31 heavy (non-hydrogen) atoms. The van der Waals surface area contributed by atoms with Crippen molar-refractivity contribution in [3.05, 3.63) is 53.6 Å². The number of hydrogen-bond donors (Lipinski definition) is 2. The molecule has 3 rings (SSSR count). The first-order chi connectivity index (χ1) is 14.8. The first-order valence-corrected chi connectivity index (χ1v) is 11.4. The Morgan fingerprint density at radius 3 is 2.39 bits per heavy atom. The average Bonchev–Trinajstić information content (AvgIpc) is 2.78. The van der Waals surface area contributed by atoms with Gasteiger partial charge in [-0.3, -0.25) is 20.4 Å². The van der Waals surface area contributed by atoms with E-state index in [1.165, 1.54) is 28.6 Å². The van der Waals surface area contributed by atoms with Crippen molar-refractivity contribution in [2.45, 2.75) is 25.2 Å². The van der Waals surface area contributed by atoms with Crippen molar-refractivity contribution in [1.82, 2.24) is 15.2 Å². The van der Waals surface area contributed by atoms with Gasteiger partial charge in [0.05, 0.1) is 11.3 Å². The van der Waals surface area contributed by atoms with E-state index in [2.05, 4.69) is 10.9 Å². The lowest BCUT2D eigenvalue weighted by Gasteiger charge is -2.19. The average molecular weight is 448 g/mol. The molecule has 0 aliphatic carbocycles. The van der Waals surface area contributed by atoms with E-state index >= 15 is 0 Å². The predicted molar refractivity (Wildman–Crippen MR) is 113 cm³/mol. The van der Waals surface area contributed by atoms with Crippen LogP contribution in [0.4, 0.5) is 0 Å². The number of carbonyl (C=O) groups excluding carboxylic acids is 2. The summed E-state index contributed by atoms with van der Waals surface area (Å²) in [6.07, 6.45) is 0.0211. The number of rotatable bonds is 7. The van der Waals surface area contributed by atoms with Crippen LogP contribution in [0.15, 0.2) is 47.4 Å². The second-order valence-corrected chi connectivity index (χ2v) is 8.71. The monoisotopic (exact) mass is 447 g/mol. The van der Waals surface area contributed by atoms with Crippen LogP contribution in [-0.4, -0.2) is 50.8 Å². The first kappa shape index (κ1) is 22.6. The van der Waals surface area contributed by atoms with Crippen molar-refractivity contribution >= 4 is 21.8 Å². The molecule has 0 radical (unpaired) electrons. The molecule has 10 heteroatoms. The maximum absolute atomic E-state index is 12.6. The fourth-order valence-corrected chi connectivity index (χ4v) is 4.64. The quantitative estimate of drug-likeness (QED) is 0.622. The normalized spacial score (nSPS) is 13.0. The summed E-state index contributed by atoms with van der Waals surface area (Å²) in [7, 11) is -3.69. The summed E-state index contributed by atoms with van der Waals surface area (Å²) in [5, 5.41) is 0. The lowest BCUT2D eigenvalue weighted by Crippen LogP contribution is -2.42. The van der Waals surface area contributed by atoms with E-state index in [0.717, 1.165) is 0 Å². The number of nitrogens with zero attached hydrogens (tertiary/aromatic N) is 1. The molecule has 1 aliphatic heterocycles. The Labute approximate surface area is 181 Å². The summed E-state index contributed by atoms with van der Waals surface area (Å²) in [5.74, 6) is 0.152. The van der Waals surface area contributed by atoms with Gasteiger partial charge in [-0.2, -0.15) is 4.31 Å². The summed E-state index contributed by atoms with van der Waals surface area (Å²) in [6.45, 7) is 5.07. The van der Waals surface area contributed by atoms with Gasteiger partial charge in [0.15, 0.2) is 11.5 Å². The van der Waals surface area contributed by atoms with Gasteiger partial charge >= 0.3 is 0 Å². The highest BCUT2D eigenvalue weighted by molar-refractivity contribution is 7.89. The number of hydrogen-bond acceptors (Lipinski definition) is 6. The van der Waals surface area contributed by atoms with Crippen LogP contribution in [0, 0.1) is 0 Å². The molecule has 0 aromatic heterocycles. The zero-order valence-electron chi connectivity index (χ0n) is 17.4. The number of amides is 2. The van der Waals surface area contributed by atoms with E-state index in [0.29, 0.717) is 43.4 Å². The molecule has 9 nitrogen and oxygen atoms in total. The number of carbonyl (C=O) groups is 2. The number of fused-ring (bicyclic) bond motifs is 1. The highest BCUT2D eigenvalue weighted by Gasteiger charge is 2.22. The Bertz CT molecular complexity index is 1070. The third-order valence-corrected chi connectivity index (χ3v) is 6.77. The van der Waals surface area contributed by atoms with E-state index in [1.54, 1.807) is 32.0 Å². The number of sulfonamides is 1. The van der Waals surface area contributed by atoms with Gasteiger partial charge < -0.3 is 9.47 Å². The van der Waals surface area contributed by atoms with E-state index in [9.17, 15) is 18.0 Å². The van der Waals surface area contributed by atoms with E-state index < -0.39 is 21.8 Å². The van der Waals surface area contributed by atoms with Gasteiger partial charge in [-0.25, -0.2) is 8.42 Å². The van der Waals surface area contributed by atoms with Crippen LogP contribution in [-0.2, 0) is 21.2 Å². The molecule has 0 saturated carbocycles. The van der Waals surface area contributed by atoms with Crippen molar-refractivity contribution < 1.29 is 27.5 Å². The molecule has 2 N–H and O–H groups in total. The van der Waals surface area contributed by atoms with Gasteiger partial charge in [0.2, 0.25) is 15.9 Å². The minimum absolute atomic E-state index is 0.0199. The van der Waals surface area contributed by atoms with Gasteiger partial charge in [-0.1, -0.05) is 26.0 Å². The smallest absolute Gasteiger partial charge is 0.269 e. The Morgan fingerprint density at radius 1 is 0.968 bits per heavy atom. The Kier molecular flexibility index (Phi) is 7.13. The maximum Gasteiger partial charge on any atom is 0.269 e. The van der Waals surface area contributed by atoms with Crippen LogP contribution in [0.1, 0.15) is 29.8 Å². The Balaban J connectivity index is 1.61. The van der Waals surface area contributed by atoms with Crippen LogP contribution >= 0.6 is 0 Å². The molecule has 2 amide bonds. The second kappa shape index (κ2) is 9.80. The minimum Gasteiger partial charge on any atom is -0.486 e. The molecule has 1 aliphatic rings. The van der Waals surface area contributed by atoms with Gasteiger partial charge in [0.1, 0.15) is 13.2 Å². The molecule has 0 bridgehead atoms. The molecule has 0 spiro atoms. The molecule has 0 atom stereocenters. The van der Waals surface area contributed by atoms with E-state index in [-0.39, 0.29) is 16.9 Å². The standard InChI is InChI=1S/C21H25N3O6S/c1-3-24(4-2)31(27,28)17-7-5-6-16(14-17)21(26)23-22-20(25)13-15-8-9-18-19(12-15)30-11-10-29-18/h5-9,12,14H,3-4,10-11,13H2,1-2H3,(H,22,25)(H,23,26). The fourth-order valence-electron chi connectivity index (χ4n) is 3.14. The van der Waals surface area contributed by atoms with E-state index in [4.69, 9.17) is 9.47 Å². The lowest BCUT2D eigenvalue weighted by atomic mass is 10.1. The number of ether oxygens (including phenoxy) is 2. The lowest BCUT2D eigenvalue weighted by molar-refractivity contribution is -0.121. The van der Waals surface area contributed by atoms with Gasteiger partial charge in [0, 0.05) is 18.7 Å². The SMILES string of the molecule is CCN(CC)S(=O)(=O)c1cccc(C(=O)NNC(=O)Cc2ccc3c(c2)OCCO3)c1. The van der Waals surface area contributed by atoms with Crippen LogP contribution < -0.4 is 20.3 Å². The Morgan fingerprint density at radius 2 is 1.68 bits per heavy atom. The van der Waals surface area contributed by atoms with Crippen LogP contribution in [0.5, 0.6) is 11.5 Å². The van der Waals surface area contributed by atoms with Crippen LogP contribution in [0.25, 0.3) is 0 Å². The zero-order valence-corrected chi connectivity index (χ0v) is 18.2. The minimum atomic E-state index is -3.69. The highest BCUT2D eigenvalue weighted by atomic mass is 32.2. The summed E-state index contributed by atoms with van der Waals surface area (Å²) < 4.78 is 37.5. The molecule has 0 fully saturated rings. The molecule has 1 heterocycles. The van der Waals surface area contributed by atoms with Crippen molar-refractivity contribution in [3.8, 4) is 11.5 Å². The zero-order chi connectivity index (χ0) is 22.4. The predicted octanol–water partition coefficient (Wildman–Crippen LogP) is 1.49. The Hall–Kier alpha value is -3.11. The molecule has 2 aromatic carbocycles.